The number of hydrogen-bond donors (Lipinski definition) is 1. The summed E-state index contributed by atoms with van der Waals surface area (Å²) in [7, 11) is -4.12. The molecule has 3 rings (SSSR count). The smallest absolute Gasteiger partial charge is 0.419 e. The van der Waals surface area contributed by atoms with E-state index in [1.54, 1.807) is 29.0 Å². The molecule has 2 aromatic carbocycles. The Morgan fingerprint density at radius 3 is 2.14 bits per heavy atom. The van der Waals surface area contributed by atoms with E-state index in [4.69, 9.17) is 9.47 Å². The van der Waals surface area contributed by atoms with Crippen LogP contribution in [0, 0.1) is 0 Å². The number of benzene rings is 2. The quantitative estimate of drug-likeness (QED) is 0.449. The highest BCUT2D eigenvalue weighted by atomic mass is 32.2. The maximum atomic E-state index is 13.8. The van der Waals surface area contributed by atoms with Gasteiger partial charge in [-0.1, -0.05) is 18.2 Å². The molecule has 0 fully saturated rings. The van der Waals surface area contributed by atoms with Gasteiger partial charge in [0.15, 0.2) is 17.7 Å². The highest BCUT2D eigenvalue weighted by molar-refractivity contribution is 7.91. The van der Waals surface area contributed by atoms with Crippen LogP contribution in [0.3, 0.4) is 0 Å². The van der Waals surface area contributed by atoms with E-state index in [2.05, 4.69) is 9.97 Å². The number of nitrogens with zero attached hydrogens (tertiary/aromatic N) is 2. The summed E-state index contributed by atoms with van der Waals surface area (Å²) in [4.78, 5) is 20.6. The molecule has 0 saturated heterocycles. The van der Waals surface area contributed by atoms with Gasteiger partial charge in [0.2, 0.25) is 10.0 Å². The van der Waals surface area contributed by atoms with Crippen molar-refractivity contribution in [3.05, 3.63) is 77.9 Å². The first kappa shape index (κ1) is 26.9. The minimum absolute atomic E-state index is 0.0987. The van der Waals surface area contributed by atoms with Gasteiger partial charge in [0.25, 0.3) is 5.91 Å². The van der Waals surface area contributed by atoms with E-state index >= 15 is 0 Å². The lowest BCUT2D eigenvalue weighted by atomic mass is 10.1. The van der Waals surface area contributed by atoms with Crippen molar-refractivity contribution in [2.45, 2.75) is 44.7 Å². The molecule has 1 unspecified atom stereocenters. The number of amides is 1. The Kier molecular flexibility index (Phi) is 7.58. The molecule has 0 spiro atoms. The summed E-state index contributed by atoms with van der Waals surface area (Å²) < 4.78 is 77.2. The lowest BCUT2D eigenvalue weighted by molar-refractivity contribution is -0.139. The number of nitrogens with one attached hydrogen (secondary N) is 1. The zero-order valence-corrected chi connectivity index (χ0v) is 20.6. The highest BCUT2D eigenvalue weighted by Gasteiger charge is 2.37. The summed E-state index contributed by atoms with van der Waals surface area (Å²) in [6.07, 6.45) is -3.15. The third-order valence-electron chi connectivity index (χ3n) is 4.87. The Bertz CT molecular complexity index is 1320. The van der Waals surface area contributed by atoms with Crippen molar-refractivity contribution in [1.82, 2.24) is 14.7 Å². The molecule has 3 aromatic rings. The lowest BCUT2D eigenvalue weighted by Gasteiger charge is -2.21. The average Bonchev–Trinajstić information content (AvgIpc) is 2.78. The first-order chi connectivity index (χ1) is 16.7. The van der Waals surface area contributed by atoms with Gasteiger partial charge < -0.3 is 9.47 Å². The average molecular weight is 524 g/mol. The van der Waals surface area contributed by atoms with Crippen molar-refractivity contribution in [3.63, 3.8) is 0 Å². The maximum absolute atomic E-state index is 13.8. The fourth-order valence-corrected chi connectivity index (χ4v) is 3.45. The number of carbonyl (C=O) groups excluding carboxylic acids is 1. The van der Waals surface area contributed by atoms with Crippen LogP contribution in [-0.2, 0) is 16.2 Å². The van der Waals surface area contributed by atoms with Crippen molar-refractivity contribution in [2.75, 3.05) is 0 Å². The molecule has 0 aliphatic heterocycles. The molecular weight excluding hydrogens is 499 g/mol. The Morgan fingerprint density at radius 1 is 0.972 bits per heavy atom. The summed E-state index contributed by atoms with van der Waals surface area (Å²) in [6.45, 7) is 5.52. The first-order valence-corrected chi connectivity index (χ1v) is 12.1. The Morgan fingerprint density at radius 2 is 1.58 bits per heavy atom. The summed E-state index contributed by atoms with van der Waals surface area (Å²) in [6, 6.07) is 11.4. The lowest BCUT2D eigenvalue weighted by Crippen LogP contribution is -2.42. The van der Waals surface area contributed by atoms with Gasteiger partial charge in [-0.25, -0.2) is 23.1 Å². The second-order valence-corrected chi connectivity index (χ2v) is 11.1. The van der Waals surface area contributed by atoms with Crippen LogP contribution in [0.1, 0.15) is 55.5 Å². The fraction of sp³-hybridized carbons (Fsp3) is 0.292. The number of hydrogen-bond acceptors (Lipinski definition) is 7. The topological polar surface area (TPSA) is 107 Å². The number of alkyl halides is 3. The fourth-order valence-electron chi connectivity index (χ4n) is 2.79. The number of rotatable bonds is 7. The van der Waals surface area contributed by atoms with Crippen molar-refractivity contribution >= 4 is 15.9 Å². The second kappa shape index (κ2) is 10.1. The SMILES string of the molecule is CC(Oc1ccc(C(=O)NS(=O)(=O)C(C)(C)C)cc1C(F)(F)F)c1ncc(Oc2ccccc2)cn1. The third kappa shape index (κ3) is 6.51. The maximum Gasteiger partial charge on any atom is 0.419 e. The normalized spacial score (nSPS) is 13.1. The van der Waals surface area contributed by atoms with E-state index in [-0.39, 0.29) is 5.82 Å². The van der Waals surface area contributed by atoms with Gasteiger partial charge in [0.05, 0.1) is 22.7 Å². The number of aromatic nitrogens is 2. The monoisotopic (exact) mass is 523 g/mol. The molecule has 1 aromatic heterocycles. The predicted molar refractivity (Wildman–Crippen MR) is 125 cm³/mol. The van der Waals surface area contributed by atoms with Crippen molar-refractivity contribution in [1.29, 1.82) is 0 Å². The van der Waals surface area contributed by atoms with Crippen LogP contribution in [0.2, 0.25) is 0 Å². The second-order valence-electron chi connectivity index (χ2n) is 8.71. The highest BCUT2D eigenvalue weighted by Crippen LogP contribution is 2.38. The van der Waals surface area contributed by atoms with E-state index in [1.807, 2.05) is 6.07 Å². The predicted octanol–water partition coefficient (Wildman–Crippen LogP) is 5.29. The molecule has 0 bridgehead atoms. The van der Waals surface area contributed by atoms with Gasteiger partial charge in [0.1, 0.15) is 11.5 Å². The van der Waals surface area contributed by atoms with Gasteiger partial charge in [0, 0.05) is 5.56 Å². The van der Waals surface area contributed by atoms with E-state index in [0.29, 0.717) is 17.6 Å². The van der Waals surface area contributed by atoms with Crippen LogP contribution < -0.4 is 14.2 Å². The standard InChI is InChI=1S/C24H24F3N3O5S/c1-15(21-28-13-18(14-29-21)35-17-8-6-5-7-9-17)34-20-11-10-16(12-19(20)24(25,26)27)22(31)30-36(32,33)23(2,3)4/h5-15H,1-4H3,(H,30,31). The number of sulfonamides is 1. The van der Waals surface area contributed by atoms with E-state index < -0.39 is 49.8 Å². The van der Waals surface area contributed by atoms with Crippen molar-refractivity contribution in [2.24, 2.45) is 0 Å². The zero-order valence-electron chi connectivity index (χ0n) is 19.8. The number of carbonyl (C=O) groups is 1. The molecule has 0 aliphatic carbocycles. The van der Waals surface area contributed by atoms with Crippen LogP contribution in [0.5, 0.6) is 17.2 Å². The van der Waals surface area contributed by atoms with Crippen LogP contribution in [-0.4, -0.2) is 29.0 Å². The van der Waals surface area contributed by atoms with Crippen LogP contribution in [0.15, 0.2) is 60.9 Å². The molecule has 1 heterocycles. The molecule has 1 N–H and O–H groups in total. The van der Waals surface area contributed by atoms with Crippen molar-refractivity contribution < 1.29 is 35.9 Å². The molecule has 1 atom stereocenters. The molecule has 0 aliphatic rings. The summed E-state index contributed by atoms with van der Waals surface area (Å²) in [5.74, 6) is -0.770. The van der Waals surface area contributed by atoms with Crippen molar-refractivity contribution in [3.8, 4) is 17.2 Å². The minimum Gasteiger partial charge on any atom is -0.482 e. The van der Waals surface area contributed by atoms with E-state index in [1.165, 1.54) is 40.1 Å². The number of ether oxygens (including phenoxy) is 2. The molecule has 192 valence electrons. The molecule has 36 heavy (non-hydrogen) atoms. The summed E-state index contributed by atoms with van der Waals surface area (Å²) in [5.41, 5.74) is -1.74. The zero-order chi connectivity index (χ0) is 26.7. The van der Waals surface area contributed by atoms with Gasteiger partial charge in [-0.2, -0.15) is 13.2 Å². The Balaban J connectivity index is 1.80. The molecule has 8 nitrogen and oxygen atoms in total. The van der Waals surface area contributed by atoms with Gasteiger partial charge in [-0.15, -0.1) is 0 Å². The molecule has 1 amide bonds. The number of halogens is 3. The van der Waals surface area contributed by atoms with Gasteiger partial charge in [-0.3, -0.25) is 4.79 Å². The number of para-hydroxylation sites is 1. The summed E-state index contributed by atoms with van der Waals surface area (Å²) in [5, 5.41) is 0. The van der Waals surface area contributed by atoms with E-state index in [0.717, 1.165) is 12.1 Å². The van der Waals surface area contributed by atoms with Crippen LogP contribution >= 0.6 is 0 Å². The first-order valence-electron chi connectivity index (χ1n) is 10.7. The molecular formula is C24H24F3N3O5S. The minimum atomic E-state index is -4.89. The molecule has 0 saturated carbocycles. The Labute approximate surface area is 206 Å². The molecule has 0 radical (unpaired) electrons. The third-order valence-corrected chi connectivity index (χ3v) is 6.94. The van der Waals surface area contributed by atoms with Gasteiger partial charge >= 0.3 is 6.18 Å². The van der Waals surface area contributed by atoms with Crippen LogP contribution in [0.4, 0.5) is 13.2 Å². The largest absolute Gasteiger partial charge is 0.482 e. The van der Waals surface area contributed by atoms with Crippen LogP contribution in [0.25, 0.3) is 0 Å². The summed E-state index contributed by atoms with van der Waals surface area (Å²) >= 11 is 0. The Hall–Kier alpha value is -3.67. The molecule has 12 heteroatoms. The van der Waals surface area contributed by atoms with E-state index in [9.17, 15) is 26.4 Å². The van der Waals surface area contributed by atoms with Gasteiger partial charge in [-0.05, 0) is 58.0 Å².